The number of carboxylic acid groups (broad SMARTS) is 1. The molecule has 0 aromatic heterocycles. The molecule has 1 N–H and O–H groups in total. The maximum Gasteiger partial charge on any atom is 0.320 e. The molecule has 0 bridgehead atoms. The number of likely N-dealkylation sites (tertiary alicyclic amines) is 1. The van der Waals surface area contributed by atoms with E-state index in [1.165, 1.54) is 0 Å². The van der Waals surface area contributed by atoms with Crippen LogP contribution >= 0.6 is 0 Å². The highest BCUT2D eigenvalue weighted by molar-refractivity contribution is 5.77. The minimum atomic E-state index is -0.911. The van der Waals surface area contributed by atoms with Crippen molar-refractivity contribution in [3.8, 4) is 6.07 Å². The summed E-state index contributed by atoms with van der Waals surface area (Å²) in [6.07, 6.45) is 1.22. The van der Waals surface area contributed by atoms with Gasteiger partial charge in [0.1, 0.15) is 11.6 Å². The van der Waals surface area contributed by atoms with Crippen molar-refractivity contribution in [3.63, 3.8) is 0 Å². The zero-order chi connectivity index (χ0) is 18.6. The van der Waals surface area contributed by atoms with Crippen LogP contribution in [-0.4, -0.2) is 46.7 Å². The van der Waals surface area contributed by atoms with Crippen molar-refractivity contribution in [2.24, 2.45) is 5.92 Å². The van der Waals surface area contributed by atoms with E-state index in [9.17, 15) is 14.7 Å². The summed E-state index contributed by atoms with van der Waals surface area (Å²) in [5.41, 5.74) is 1.08. The van der Waals surface area contributed by atoms with Crippen molar-refractivity contribution >= 4 is 11.9 Å². The van der Waals surface area contributed by atoms with Gasteiger partial charge in [-0.15, -0.1) is 0 Å². The number of nitrogens with zero attached hydrogens (tertiary/aromatic N) is 2. The van der Waals surface area contributed by atoms with Crippen LogP contribution in [0.1, 0.15) is 38.3 Å². The Bertz CT molecular complexity index is 670. The van der Waals surface area contributed by atoms with Crippen molar-refractivity contribution in [2.45, 2.75) is 45.3 Å². The first kappa shape index (κ1) is 18.9. The first-order chi connectivity index (χ1) is 11.7. The van der Waals surface area contributed by atoms with Gasteiger partial charge in [0.15, 0.2) is 0 Å². The summed E-state index contributed by atoms with van der Waals surface area (Å²) in [5, 5.41) is 18.3. The second-order valence-electron chi connectivity index (χ2n) is 7.48. The molecule has 6 nitrogen and oxygen atoms in total. The molecule has 0 spiro atoms. The normalized spacial score (nSPS) is 20.9. The third kappa shape index (κ3) is 5.57. The van der Waals surface area contributed by atoms with Crippen LogP contribution in [0.25, 0.3) is 0 Å². The van der Waals surface area contributed by atoms with Crippen molar-refractivity contribution in [3.05, 3.63) is 35.4 Å². The number of benzene rings is 1. The third-order valence-corrected chi connectivity index (χ3v) is 4.13. The number of aliphatic carboxylic acids is 1. The summed E-state index contributed by atoms with van der Waals surface area (Å²) < 4.78 is 5.30. The van der Waals surface area contributed by atoms with Crippen molar-refractivity contribution in [1.29, 1.82) is 5.26 Å². The van der Waals surface area contributed by atoms with Gasteiger partial charge in [-0.05, 0) is 57.2 Å². The SMILES string of the molecule is CC(C)(C)OC(=O)CN1CC(Cc2ccc(C#N)cc2)CC1C(=O)O. The van der Waals surface area contributed by atoms with Gasteiger partial charge in [-0.25, -0.2) is 0 Å². The van der Waals surface area contributed by atoms with Gasteiger partial charge in [-0.2, -0.15) is 5.26 Å². The number of esters is 1. The Labute approximate surface area is 148 Å². The highest BCUT2D eigenvalue weighted by Crippen LogP contribution is 2.27. The van der Waals surface area contributed by atoms with E-state index in [1.807, 2.05) is 12.1 Å². The maximum atomic E-state index is 12.0. The van der Waals surface area contributed by atoms with Gasteiger partial charge in [0.25, 0.3) is 0 Å². The van der Waals surface area contributed by atoms with Gasteiger partial charge in [-0.3, -0.25) is 14.5 Å². The Morgan fingerprint density at radius 1 is 1.32 bits per heavy atom. The predicted octanol–water partition coefficient (Wildman–Crippen LogP) is 2.22. The quantitative estimate of drug-likeness (QED) is 0.824. The lowest BCUT2D eigenvalue weighted by atomic mass is 9.96. The highest BCUT2D eigenvalue weighted by Gasteiger charge is 2.38. The number of carbonyl (C=O) groups excluding carboxylic acids is 1. The Morgan fingerprint density at radius 2 is 1.96 bits per heavy atom. The maximum absolute atomic E-state index is 12.0. The van der Waals surface area contributed by atoms with E-state index in [1.54, 1.807) is 37.8 Å². The van der Waals surface area contributed by atoms with Gasteiger partial charge in [0.2, 0.25) is 0 Å². The number of rotatable bonds is 5. The molecular formula is C19H24N2O4. The predicted molar refractivity (Wildman–Crippen MR) is 91.8 cm³/mol. The summed E-state index contributed by atoms with van der Waals surface area (Å²) >= 11 is 0. The fraction of sp³-hybridized carbons (Fsp3) is 0.526. The zero-order valence-electron chi connectivity index (χ0n) is 14.9. The Hall–Kier alpha value is -2.39. The molecule has 1 saturated heterocycles. The standard InChI is InChI=1S/C19H24N2O4/c1-19(2,3)25-17(22)12-21-11-15(9-16(21)18(23)24)8-13-4-6-14(10-20)7-5-13/h4-7,15-16H,8-9,11-12H2,1-3H3,(H,23,24). The van der Waals surface area contributed by atoms with Gasteiger partial charge in [0.05, 0.1) is 18.2 Å². The van der Waals surface area contributed by atoms with Gasteiger partial charge < -0.3 is 9.84 Å². The van der Waals surface area contributed by atoms with Crippen LogP contribution in [0, 0.1) is 17.2 Å². The molecule has 6 heteroatoms. The largest absolute Gasteiger partial charge is 0.480 e. The molecule has 0 saturated carbocycles. The molecule has 134 valence electrons. The molecule has 1 aliphatic rings. The zero-order valence-corrected chi connectivity index (χ0v) is 14.9. The molecule has 25 heavy (non-hydrogen) atoms. The number of nitriles is 1. The van der Waals surface area contributed by atoms with E-state index >= 15 is 0 Å². The summed E-state index contributed by atoms with van der Waals surface area (Å²) in [7, 11) is 0. The number of hydrogen-bond donors (Lipinski definition) is 1. The molecule has 0 aliphatic carbocycles. The Morgan fingerprint density at radius 3 is 2.48 bits per heavy atom. The summed E-state index contributed by atoms with van der Waals surface area (Å²) in [4.78, 5) is 25.2. The molecule has 2 unspecified atom stereocenters. The first-order valence-corrected chi connectivity index (χ1v) is 8.35. The molecule has 2 rings (SSSR count). The first-order valence-electron chi connectivity index (χ1n) is 8.35. The van der Waals surface area contributed by atoms with Gasteiger partial charge >= 0.3 is 11.9 Å². The summed E-state index contributed by atoms with van der Waals surface area (Å²) in [5.74, 6) is -1.17. The van der Waals surface area contributed by atoms with E-state index in [4.69, 9.17) is 10.00 Å². The molecule has 0 amide bonds. The Balaban J connectivity index is 2.00. The Kier molecular flexibility index (Phi) is 5.81. The highest BCUT2D eigenvalue weighted by atomic mass is 16.6. The van der Waals surface area contributed by atoms with Crippen LogP contribution < -0.4 is 0 Å². The lowest BCUT2D eigenvalue weighted by Crippen LogP contribution is -2.41. The van der Waals surface area contributed by atoms with Crippen LogP contribution in [-0.2, 0) is 20.7 Å². The molecule has 1 aromatic carbocycles. The molecule has 1 aliphatic heterocycles. The minimum Gasteiger partial charge on any atom is -0.480 e. The molecule has 1 fully saturated rings. The van der Waals surface area contributed by atoms with Crippen molar-refractivity contribution in [1.82, 2.24) is 4.90 Å². The number of carboxylic acids is 1. The van der Waals surface area contributed by atoms with E-state index in [0.29, 0.717) is 18.5 Å². The fourth-order valence-corrected chi connectivity index (χ4v) is 3.17. The number of hydrogen-bond acceptors (Lipinski definition) is 5. The van der Waals surface area contributed by atoms with E-state index in [-0.39, 0.29) is 12.5 Å². The van der Waals surface area contributed by atoms with Crippen LogP contribution in [0.4, 0.5) is 0 Å². The summed E-state index contributed by atoms with van der Waals surface area (Å²) in [6.45, 7) is 5.89. The molecule has 1 heterocycles. The molecular weight excluding hydrogens is 320 g/mol. The average molecular weight is 344 g/mol. The van der Waals surface area contributed by atoms with Gasteiger partial charge in [0, 0.05) is 6.54 Å². The summed E-state index contributed by atoms with van der Waals surface area (Å²) in [6, 6.07) is 8.72. The average Bonchev–Trinajstić information content (AvgIpc) is 2.88. The fourth-order valence-electron chi connectivity index (χ4n) is 3.17. The van der Waals surface area contributed by atoms with E-state index in [0.717, 1.165) is 12.0 Å². The second kappa shape index (κ2) is 7.66. The van der Waals surface area contributed by atoms with Crippen LogP contribution in [0.5, 0.6) is 0 Å². The monoisotopic (exact) mass is 344 g/mol. The number of carbonyl (C=O) groups is 2. The van der Waals surface area contributed by atoms with Crippen molar-refractivity contribution < 1.29 is 19.4 Å². The van der Waals surface area contributed by atoms with Crippen LogP contribution in [0.15, 0.2) is 24.3 Å². The topological polar surface area (TPSA) is 90.6 Å². The molecule has 0 radical (unpaired) electrons. The molecule has 1 aromatic rings. The second-order valence-corrected chi connectivity index (χ2v) is 7.48. The van der Waals surface area contributed by atoms with Crippen LogP contribution in [0.3, 0.4) is 0 Å². The number of ether oxygens (including phenoxy) is 1. The van der Waals surface area contributed by atoms with E-state index in [2.05, 4.69) is 6.07 Å². The lowest BCUT2D eigenvalue weighted by Gasteiger charge is -2.24. The van der Waals surface area contributed by atoms with Crippen molar-refractivity contribution in [2.75, 3.05) is 13.1 Å². The molecule has 2 atom stereocenters. The lowest BCUT2D eigenvalue weighted by molar-refractivity contribution is -0.157. The third-order valence-electron chi connectivity index (χ3n) is 4.13. The minimum absolute atomic E-state index is 0.0158. The van der Waals surface area contributed by atoms with Gasteiger partial charge in [-0.1, -0.05) is 12.1 Å². The van der Waals surface area contributed by atoms with E-state index < -0.39 is 23.6 Å². The smallest absolute Gasteiger partial charge is 0.320 e. The van der Waals surface area contributed by atoms with Crippen LogP contribution in [0.2, 0.25) is 0 Å².